The fourth-order valence-corrected chi connectivity index (χ4v) is 3.12. The normalized spacial score (nSPS) is 11.0. The lowest BCUT2D eigenvalue weighted by atomic mass is 10.2. The van der Waals surface area contributed by atoms with Gasteiger partial charge in [0.25, 0.3) is 0 Å². The maximum atomic E-state index is 12.4. The quantitative estimate of drug-likeness (QED) is 0.572. The minimum Gasteiger partial charge on any atom is -0.326 e. The predicted molar refractivity (Wildman–Crippen MR) is 105 cm³/mol. The number of rotatable bonds is 6. The van der Waals surface area contributed by atoms with Crippen molar-refractivity contribution in [1.29, 1.82) is 0 Å². The first kappa shape index (κ1) is 17.0. The Morgan fingerprint density at radius 1 is 1.11 bits per heavy atom. The molecule has 6 nitrogen and oxygen atoms in total. The summed E-state index contributed by atoms with van der Waals surface area (Å²) in [7, 11) is 0. The van der Waals surface area contributed by atoms with Crippen LogP contribution in [0.2, 0.25) is 0 Å². The molecule has 0 spiro atoms. The largest absolute Gasteiger partial charge is 0.326 e. The Kier molecular flexibility index (Phi) is 4.70. The molecule has 2 aromatic heterocycles. The summed E-state index contributed by atoms with van der Waals surface area (Å²) in [4.78, 5) is 12.4. The number of amides is 1. The van der Waals surface area contributed by atoms with Crippen molar-refractivity contribution in [3.8, 4) is 0 Å². The number of hydrogen-bond donors (Lipinski definition) is 1. The third-order valence-electron chi connectivity index (χ3n) is 4.47. The van der Waals surface area contributed by atoms with Crippen LogP contribution in [0.15, 0.2) is 67.1 Å². The van der Waals surface area contributed by atoms with E-state index in [2.05, 4.69) is 40.6 Å². The Bertz CT molecular complexity index is 1070. The number of nitrogens with one attached hydrogen (secondary N) is 1. The summed E-state index contributed by atoms with van der Waals surface area (Å²) in [6.07, 6.45) is 5.88. The van der Waals surface area contributed by atoms with E-state index < -0.39 is 0 Å². The molecule has 6 heteroatoms. The molecule has 136 valence electrons. The SMILES string of the molecule is Cc1ccc2cnn(CCC(=O)Nc3cccc(Cn4cccn4)c3)c2c1. The van der Waals surface area contributed by atoms with Crippen LogP contribution in [0.3, 0.4) is 0 Å². The summed E-state index contributed by atoms with van der Waals surface area (Å²) in [5.74, 6) is -0.0254. The number of benzene rings is 2. The summed E-state index contributed by atoms with van der Waals surface area (Å²) >= 11 is 0. The smallest absolute Gasteiger partial charge is 0.226 e. The first-order chi connectivity index (χ1) is 13.2. The number of fused-ring (bicyclic) bond motifs is 1. The molecule has 0 fully saturated rings. The number of carbonyl (C=O) groups is 1. The summed E-state index contributed by atoms with van der Waals surface area (Å²) in [6.45, 7) is 3.28. The molecule has 0 aliphatic rings. The van der Waals surface area contributed by atoms with E-state index in [0.717, 1.165) is 22.2 Å². The van der Waals surface area contributed by atoms with Gasteiger partial charge in [-0.2, -0.15) is 10.2 Å². The third-order valence-corrected chi connectivity index (χ3v) is 4.47. The molecular formula is C21H21N5O. The third kappa shape index (κ3) is 4.06. The van der Waals surface area contributed by atoms with Crippen LogP contribution < -0.4 is 5.32 Å². The number of anilines is 1. The lowest BCUT2D eigenvalue weighted by Gasteiger charge is -2.09. The standard InChI is InChI=1S/C21H21N5O/c1-16-6-7-18-14-23-26(20(18)12-16)11-8-21(27)24-19-5-2-4-17(13-19)15-25-10-3-9-22-25/h2-7,9-10,12-14H,8,11,15H2,1H3,(H,24,27). The monoisotopic (exact) mass is 359 g/mol. The fourth-order valence-electron chi connectivity index (χ4n) is 3.12. The van der Waals surface area contributed by atoms with E-state index in [1.165, 1.54) is 5.56 Å². The summed E-state index contributed by atoms with van der Waals surface area (Å²) in [6, 6.07) is 16.0. The van der Waals surface area contributed by atoms with Crippen molar-refractivity contribution in [2.24, 2.45) is 0 Å². The Balaban J connectivity index is 1.38. The maximum Gasteiger partial charge on any atom is 0.226 e. The second kappa shape index (κ2) is 7.45. The van der Waals surface area contributed by atoms with Crippen LogP contribution >= 0.6 is 0 Å². The van der Waals surface area contributed by atoms with Crippen LogP contribution in [-0.2, 0) is 17.9 Å². The molecule has 2 heterocycles. The van der Waals surface area contributed by atoms with Crippen molar-refractivity contribution in [1.82, 2.24) is 19.6 Å². The minimum atomic E-state index is -0.0254. The van der Waals surface area contributed by atoms with Gasteiger partial charge in [0.15, 0.2) is 0 Å². The second-order valence-corrected chi connectivity index (χ2v) is 6.63. The van der Waals surface area contributed by atoms with E-state index in [0.29, 0.717) is 19.5 Å². The maximum absolute atomic E-state index is 12.4. The van der Waals surface area contributed by atoms with E-state index in [1.807, 2.05) is 52.1 Å². The van der Waals surface area contributed by atoms with Crippen LogP contribution in [0.5, 0.6) is 0 Å². The number of hydrogen-bond acceptors (Lipinski definition) is 3. The molecule has 2 aromatic carbocycles. The Hall–Kier alpha value is -3.41. The average Bonchev–Trinajstić information content (AvgIpc) is 3.30. The van der Waals surface area contributed by atoms with E-state index in [-0.39, 0.29) is 5.91 Å². The molecule has 0 unspecified atom stereocenters. The average molecular weight is 359 g/mol. The van der Waals surface area contributed by atoms with Crippen molar-refractivity contribution < 1.29 is 4.79 Å². The highest BCUT2D eigenvalue weighted by Crippen LogP contribution is 2.16. The van der Waals surface area contributed by atoms with Crippen molar-refractivity contribution in [3.63, 3.8) is 0 Å². The van der Waals surface area contributed by atoms with Gasteiger partial charge in [-0.1, -0.05) is 24.3 Å². The molecule has 4 aromatic rings. The zero-order chi connectivity index (χ0) is 18.6. The lowest BCUT2D eigenvalue weighted by molar-refractivity contribution is -0.116. The molecule has 0 radical (unpaired) electrons. The van der Waals surface area contributed by atoms with Crippen molar-refractivity contribution in [2.45, 2.75) is 26.4 Å². The molecule has 4 rings (SSSR count). The first-order valence-corrected chi connectivity index (χ1v) is 8.96. The van der Waals surface area contributed by atoms with Gasteiger partial charge in [-0.25, -0.2) is 0 Å². The summed E-state index contributed by atoms with van der Waals surface area (Å²) in [5, 5.41) is 12.7. The van der Waals surface area contributed by atoms with Crippen LogP contribution in [0.1, 0.15) is 17.5 Å². The topological polar surface area (TPSA) is 64.7 Å². The zero-order valence-electron chi connectivity index (χ0n) is 15.2. The fraction of sp³-hybridized carbons (Fsp3) is 0.190. The van der Waals surface area contributed by atoms with E-state index in [9.17, 15) is 4.79 Å². The number of carbonyl (C=O) groups excluding carboxylic acids is 1. The van der Waals surface area contributed by atoms with Crippen LogP contribution in [-0.4, -0.2) is 25.5 Å². The molecule has 0 bridgehead atoms. The lowest BCUT2D eigenvalue weighted by Crippen LogP contribution is -2.15. The molecule has 0 saturated heterocycles. The molecule has 0 aliphatic heterocycles. The van der Waals surface area contributed by atoms with Gasteiger partial charge in [-0.3, -0.25) is 14.2 Å². The van der Waals surface area contributed by atoms with E-state index in [4.69, 9.17) is 0 Å². The van der Waals surface area contributed by atoms with Crippen molar-refractivity contribution >= 4 is 22.5 Å². The van der Waals surface area contributed by atoms with Crippen LogP contribution in [0, 0.1) is 6.92 Å². The van der Waals surface area contributed by atoms with Crippen molar-refractivity contribution in [3.05, 3.63) is 78.2 Å². The highest BCUT2D eigenvalue weighted by Gasteiger charge is 2.07. The van der Waals surface area contributed by atoms with Gasteiger partial charge in [-0.15, -0.1) is 0 Å². The molecular weight excluding hydrogens is 338 g/mol. The van der Waals surface area contributed by atoms with Gasteiger partial charge in [0.05, 0.1) is 24.8 Å². The van der Waals surface area contributed by atoms with E-state index >= 15 is 0 Å². The number of aryl methyl sites for hydroxylation is 2. The predicted octanol–water partition coefficient (Wildman–Crippen LogP) is 3.62. The molecule has 27 heavy (non-hydrogen) atoms. The summed E-state index contributed by atoms with van der Waals surface area (Å²) in [5.41, 5.74) is 4.13. The molecule has 1 amide bonds. The number of aromatic nitrogens is 4. The summed E-state index contributed by atoms with van der Waals surface area (Å²) < 4.78 is 3.74. The highest BCUT2D eigenvalue weighted by atomic mass is 16.1. The molecule has 0 atom stereocenters. The van der Waals surface area contributed by atoms with Gasteiger partial charge in [-0.05, 0) is 42.3 Å². The second-order valence-electron chi connectivity index (χ2n) is 6.63. The van der Waals surface area contributed by atoms with E-state index in [1.54, 1.807) is 6.20 Å². The van der Waals surface area contributed by atoms with Crippen molar-refractivity contribution in [2.75, 3.05) is 5.32 Å². The van der Waals surface area contributed by atoms with Gasteiger partial charge < -0.3 is 5.32 Å². The Labute approximate surface area is 157 Å². The van der Waals surface area contributed by atoms with Gasteiger partial charge in [0.2, 0.25) is 5.91 Å². The van der Waals surface area contributed by atoms with Gasteiger partial charge in [0, 0.05) is 29.9 Å². The molecule has 0 aliphatic carbocycles. The van der Waals surface area contributed by atoms with Crippen LogP contribution in [0.25, 0.3) is 10.9 Å². The zero-order valence-corrected chi connectivity index (χ0v) is 15.2. The molecule has 0 saturated carbocycles. The first-order valence-electron chi connectivity index (χ1n) is 8.96. The minimum absolute atomic E-state index is 0.0254. The Morgan fingerprint density at radius 3 is 2.89 bits per heavy atom. The van der Waals surface area contributed by atoms with Gasteiger partial charge in [0.1, 0.15) is 0 Å². The van der Waals surface area contributed by atoms with Gasteiger partial charge >= 0.3 is 0 Å². The number of nitrogens with zero attached hydrogens (tertiary/aromatic N) is 4. The highest BCUT2D eigenvalue weighted by molar-refractivity contribution is 5.90. The molecule has 1 N–H and O–H groups in total. The Morgan fingerprint density at radius 2 is 2.04 bits per heavy atom. The van der Waals surface area contributed by atoms with Crippen LogP contribution in [0.4, 0.5) is 5.69 Å².